The van der Waals surface area contributed by atoms with Crippen LogP contribution in [0.25, 0.3) is 0 Å². The smallest absolute Gasteiger partial charge is 0.237 e. The average molecular weight is 453 g/mol. The minimum atomic E-state index is -0.160. The van der Waals surface area contributed by atoms with Gasteiger partial charge in [0.25, 0.3) is 0 Å². The molecule has 10 heteroatoms. The standard InChI is InChI=1S/C22H40N6O4/c29-15-8-6-14(7-9-15)20-25-19(32-28-20)11-10-18(30)23-12-3-13-24-21-16-4-1-2-5-17(16)22(31)27-26-21/h14-17,19-21,24-26,28-29H,1-13H2,(H,23,30)(H,27,31). The van der Waals surface area contributed by atoms with E-state index >= 15 is 0 Å². The third kappa shape index (κ3) is 6.39. The van der Waals surface area contributed by atoms with E-state index < -0.39 is 0 Å². The molecule has 0 aromatic carbocycles. The zero-order valence-electron chi connectivity index (χ0n) is 18.9. The Labute approximate surface area is 190 Å². The van der Waals surface area contributed by atoms with Gasteiger partial charge in [-0.2, -0.15) is 5.48 Å². The van der Waals surface area contributed by atoms with Crippen LogP contribution in [0.5, 0.6) is 0 Å². The van der Waals surface area contributed by atoms with Crippen LogP contribution in [0, 0.1) is 17.8 Å². The number of aliphatic hydroxyl groups is 1. The van der Waals surface area contributed by atoms with Crippen LogP contribution in [-0.2, 0) is 14.4 Å². The number of carbonyl (C=O) groups is 2. The molecular weight excluding hydrogens is 412 g/mol. The Morgan fingerprint density at radius 1 is 1.09 bits per heavy atom. The van der Waals surface area contributed by atoms with Crippen LogP contribution in [0.4, 0.5) is 0 Å². The molecule has 5 atom stereocenters. The van der Waals surface area contributed by atoms with Gasteiger partial charge in [0, 0.05) is 24.8 Å². The molecule has 4 rings (SSSR count). The summed E-state index contributed by atoms with van der Waals surface area (Å²) >= 11 is 0. The van der Waals surface area contributed by atoms with Crippen LogP contribution in [0.3, 0.4) is 0 Å². The molecule has 2 aliphatic carbocycles. The molecule has 0 aromatic heterocycles. The van der Waals surface area contributed by atoms with Gasteiger partial charge in [0.1, 0.15) is 6.23 Å². The predicted octanol–water partition coefficient (Wildman–Crippen LogP) is -0.0429. The van der Waals surface area contributed by atoms with Crippen molar-refractivity contribution in [2.45, 2.75) is 95.3 Å². The molecule has 0 bridgehead atoms. The van der Waals surface area contributed by atoms with Gasteiger partial charge in [-0.3, -0.25) is 25.2 Å². The van der Waals surface area contributed by atoms with Gasteiger partial charge in [-0.15, -0.1) is 0 Å². The fourth-order valence-electron chi connectivity index (χ4n) is 5.59. The zero-order valence-corrected chi connectivity index (χ0v) is 18.9. The van der Waals surface area contributed by atoms with E-state index in [1.165, 1.54) is 6.42 Å². The van der Waals surface area contributed by atoms with Crippen molar-refractivity contribution in [1.82, 2.24) is 32.3 Å². The molecule has 0 radical (unpaired) electrons. The maximum absolute atomic E-state index is 12.2. The first-order chi connectivity index (χ1) is 15.6. The molecule has 32 heavy (non-hydrogen) atoms. The van der Waals surface area contributed by atoms with Crippen molar-refractivity contribution in [2.75, 3.05) is 13.1 Å². The quantitative estimate of drug-likeness (QED) is 0.242. The molecule has 7 N–H and O–H groups in total. The number of fused-ring (bicyclic) bond motifs is 1. The fraction of sp³-hybridized carbons (Fsp3) is 0.909. The van der Waals surface area contributed by atoms with E-state index in [4.69, 9.17) is 4.84 Å². The first-order valence-electron chi connectivity index (χ1n) is 12.5. The number of hydrazine groups is 1. The third-order valence-electron chi connectivity index (χ3n) is 7.52. The molecule has 2 saturated heterocycles. The van der Waals surface area contributed by atoms with Gasteiger partial charge < -0.3 is 15.7 Å². The Morgan fingerprint density at radius 2 is 1.91 bits per heavy atom. The lowest BCUT2D eigenvalue weighted by molar-refractivity contribution is -0.134. The first kappa shape index (κ1) is 23.8. The predicted molar refractivity (Wildman–Crippen MR) is 118 cm³/mol. The molecule has 2 heterocycles. The van der Waals surface area contributed by atoms with E-state index in [0.717, 1.165) is 57.9 Å². The summed E-state index contributed by atoms with van der Waals surface area (Å²) in [4.78, 5) is 29.8. The van der Waals surface area contributed by atoms with E-state index in [0.29, 0.717) is 31.2 Å². The van der Waals surface area contributed by atoms with E-state index in [1.807, 2.05) is 0 Å². The van der Waals surface area contributed by atoms with Crippen molar-refractivity contribution in [1.29, 1.82) is 0 Å². The SMILES string of the molecule is O=C(CCC1NC(C2CCC(O)CC2)NO1)NCCCNC1NNC(=O)C2CCCCC12. The maximum Gasteiger partial charge on any atom is 0.237 e. The van der Waals surface area contributed by atoms with E-state index in [9.17, 15) is 14.7 Å². The molecule has 10 nitrogen and oxygen atoms in total. The lowest BCUT2D eigenvalue weighted by atomic mass is 9.76. The number of aliphatic hydroxyl groups excluding tert-OH is 1. The second-order valence-electron chi connectivity index (χ2n) is 9.80. The first-order valence-corrected chi connectivity index (χ1v) is 12.5. The third-order valence-corrected chi connectivity index (χ3v) is 7.52. The summed E-state index contributed by atoms with van der Waals surface area (Å²) < 4.78 is 0. The lowest BCUT2D eigenvalue weighted by Gasteiger charge is -2.41. The number of carbonyl (C=O) groups excluding carboxylic acids is 2. The molecular formula is C22H40N6O4. The van der Waals surface area contributed by atoms with Crippen LogP contribution in [0.15, 0.2) is 0 Å². The van der Waals surface area contributed by atoms with Gasteiger partial charge in [-0.05, 0) is 63.8 Å². The van der Waals surface area contributed by atoms with E-state index in [2.05, 4.69) is 32.3 Å². The molecule has 4 aliphatic rings. The summed E-state index contributed by atoms with van der Waals surface area (Å²) in [5, 5.41) is 19.6. The summed E-state index contributed by atoms with van der Waals surface area (Å²) in [5.74, 6) is 1.09. The Hall–Kier alpha value is -1.30. The van der Waals surface area contributed by atoms with Crippen molar-refractivity contribution in [3.8, 4) is 0 Å². The van der Waals surface area contributed by atoms with Crippen molar-refractivity contribution in [3.63, 3.8) is 0 Å². The summed E-state index contributed by atoms with van der Waals surface area (Å²) in [6.07, 6.45) is 9.81. The monoisotopic (exact) mass is 452 g/mol. The normalized spacial score (nSPS) is 37.5. The molecule has 4 fully saturated rings. The van der Waals surface area contributed by atoms with Gasteiger partial charge in [0.2, 0.25) is 11.8 Å². The topological polar surface area (TPSA) is 136 Å². The van der Waals surface area contributed by atoms with Crippen molar-refractivity contribution >= 4 is 11.8 Å². The maximum atomic E-state index is 12.2. The molecule has 2 saturated carbocycles. The Balaban J connectivity index is 1.05. The fourth-order valence-corrected chi connectivity index (χ4v) is 5.59. The second-order valence-corrected chi connectivity index (χ2v) is 9.80. The number of hydroxylamine groups is 1. The lowest BCUT2D eigenvalue weighted by Crippen LogP contribution is -2.64. The average Bonchev–Trinajstić information content (AvgIpc) is 3.28. The molecule has 0 aromatic rings. The Bertz CT molecular complexity index is 630. The number of hydrogen-bond acceptors (Lipinski definition) is 8. The van der Waals surface area contributed by atoms with Gasteiger partial charge in [-0.1, -0.05) is 12.8 Å². The highest BCUT2D eigenvalue weighted by Gasteiger charge is 2.39. The minimum Gasteiger partial charge on any atom is -0.393 e. The second kappa shape index (κ2) is 11.7. The highest BCUT2D eigenvalue weighted by Crippen LogP contribution is 2.33. The number of amides is 2. The Morgan fingerprint density at radius 3 is 2.75 bits per heavy atom. The van der Waals surface area contributed by atoms with E-state index in [-0.39, 0.29) is 42.4 Å². The summed E-state index contributed by atoms with van der Waals surface area (Å²) in [7, 11) is 0. The molecule has 0 spiro atoms. The molecule has 2 amide bonds. The van der Waals surface area contributed by atoms with Crippen LogP contribution in [0.2, 0.25) is 0 Å². The number of hydrogen-bond donors (Lipinski definition) is 7. The summed E-state index contributed by atoms with van der Waals surface area (Å²) in [5.41, 5.74) is 8.98. The number of rotatable bonds is 9. The summed E-state index contributed by atoms with van der Waals surface area (Å²) in [6, 6.07) is 0. The van der Waals surface area contributed by atoms with Crippen LogP contribution < -0.4 is 32.3 Å². The molecule has 2 aliphatic heterocycles. The van der Waals surface area contributed by atoms with Crippen LogP contribution in [0.1, 0.15) is 70.6 Å². The zero-order chi connectivity index (χ0) is 22.3. The van der Waals surface area contributed by atoms with Gasteiger partial charge in [-0.25, -0.2) is 5.43 Å². The largest absolute Gasteiger partial charge is 0.393 e. The van der Waals surface area contributed by atoms with Gasteiger partial charge >= 0.3 is 0 Å². The van der Waals surface area contributed by atoms with Crippen molar-refractivity contribution < 1.29 is 19.5 Å². The minimum absolute atomic E-state index is 0.0371. The van der Waals surface area contributed by atoms with Gasteiger partial charge in [0.15, 0.2) is 0 Å². The van der Waals surface area contributed by atoms with Crippen LogP contribution >= 0.6 is 0 Å². The van der Waals surface area contributed by atoms with Crippen LogP contribution in [-0.4, -0.2) is 54.7 Å². The summed E-state index contributed by atoms with van der Waals surface area (Å²) in [6.45, 7) is 1.41. The number of nitrogens with one attached hydrogen (secondary N) is 6. The van der Waals surface area contributed by atoms with Gasteiger partial charge in [0.05, 0.1) is 18.4 Å². The van der Waals surface area contributed by atoms with Crippen molar-refractivity contribution in [3.05, 3.63) is 0 Å². The molecule has 182 valence electrons. The molecule has 5 unspecified atom stereocenters. The van der Waals surface area contributed by atoms with Crippen molar-refractivity contribution in [2.24, 2.45) is 17.8 Å². The Kier molecular flexibility index (Phi) is 8.73. The highest BCUT2D eigenvalue weighted by molar-refractivity contribution is 5.79. The highest BCUT2D eigenvalue weighted by atomic mass is 16.7. The van der Waals surface area contributed by atoms with E-state index in [1.54, 1.807) is 0 Å².